The number of halogens is 2. The second-order valence-corrected chi connectivity index (χ2v) is 9.40. The van der Waals surface area contributed by atoms with Gasteiger partial charge >= 0.3 is 0 Å². The number of phenolic OH excluding ortho intramolecular Hbond substituents is 2. The van der Waals surface area contributed by atoms with Gasteiger partial charge in [0, 0.05) is 54.0 Å². The lowest BCUT2D eigenvalue weighted by molar-refractivity contribution is 0.172. The lowest BCUT2D eigenvalue weighted by Gasteiger charge is -2.24. The fourth-order valence-corrected chi connectivity index (χ4v) is 5.57. The van der Waals surface area contributed by atoms with Gasteiger partial charge in [-0.05, 0) is 51.1 Å². The summed E-state index contributed by atoms with van der Waals surface area (Å²) in [4.78, 5) is 17.3. The second-order valence-electron chi connectivity index (χ2n) is 8.99. The van der Waals surface area contributed by atoms with Crippen LogP contribution in [0, 0.1) is 0 Å². The monoisotopic (exact) mass is 506 g/mol. The molecule has 0 amide bonds. The summed E-state index contributed by atoms with van der Waals surface area (Å²) in [5, 5.41) is 31.6. The molecule has 0 spiro atoms. The lowest BCUT2D eigenvalue weighted by atomic mass is 9.89. The van der Waals surface area contributed by atoms with Crippen LogP contribution in [0.3, 0.4) is 0 Å². The number of hydrogen-bond acceptors (Lipinski definition) is 7. The van der Waals surface area contributed by atoms with Gasteiger partial charge in [-0.2, -0.15) is 0 Å². The van der Waals surface area contributed by atoms with E-state index in [4.69, 9.17) is 16.0 Å². The lowest BCUT2D eigenvalue weighted by Crippen LogP contribution is -2.32. The van der Waals surface area contributed by atoms with Crippen molar-refractivity contribution in [2.45, 2.75) is 31.2 Å². The van der Waals surface area contributed by atoms with E-state index in [1.54, 1.807) is 0 Å². The third-order valence-electron chi connectivity index (χ3n) is 7.07. The van der Waals surface area contributed by atoms with Crippen LogP contribution in [-0.2, 0) is 0 Å². The molecule has 0 aliphatic carbocycles. The van der Waals surface area contributed by atoms with E-state index in [2.05, 4.69) is 4.90 Å². The molecule has 9 heteroatoms. The Morgan fingerprint density at radius 2 is 1.82 bits per heavy atom. The smallest absolute Gasteiger partial charge is 0.197 e. The van der Waals surface area contributed by atoms with Gasteiger partial charge in [-0.1, -0.05) is 11.6 Å². The van der Waals surface area contributed by atoms with Crippen LogP contribution in [-0.4, -0.2) is 59.6 Å². The standard InChI is InChI=1S/C25H27ClN2O5.ClH/c1-27-9-6-16(18(27)13-29)23-19(30)11-20(31)24-21(32)12-22(33-25(23)24)15-5-4-14(10-17(15)26)28-7-2-3-8-28;/h4-5,10-12,16,18,29-31H,2-3,6-9,13H2,1H3;1H/t16-,18+;/m0./s1. The van der Waals surface area contributed by atoms with Crippen molar-refractivity contribution in [3.05, 3.63) is 51.1 Å². The molecule has 0 saturated carbocycles. The molecule has 2 fully saturated rings. The van der Waals surface area contributed by atoms with Crippen LogP contribution in [0.15, 0.2) is 39.5 Å². The summed E-state index contributed by atoms with van der Waals surface area (Å²) >= 11 is 6.61. The molecule has 2 atom stereocenters. The summed E-state index contributed by atoms with van der Waals surface area (Å²) in [6.07, 6.45) is 2.98. The van der Waals surface area contributed by atoms with Crippen LogP contribution in [0.25, 0.3) is 22.3 Å². The summed E-state index contributed by atoms with van der Waals surface area (Å²) in [6.45, 7) is 2.61. The van der Waals surface area contributed by atoms with Gasteiger partial charge in [-0.25, -0.2) is 0 Å². The number of rotatable bonds is 4. The van der Waals surface area contributed by atoms with E-state index in [9.17, 15) is 20.1 Å². The van der Waals surface area contributed by atoms with E-state index < -0.39 is 5.43 Å². The number of nitrogens with zero attached hydrogens (tertiary/aromatic N) is 2. The molecule has 34 heavy (non-hydrogen) atoms. The first-order valence-electron chi connectivity index (χ1n) is 11.3. The van der Waals surface area contributed by atoms with Gasteiger partial charge in [0.15, 0.2) is 5.43 Å². The highest BCUT2D eigenvalue weighted by Crippen LogP contribution is 2.44. The van der Waals surface area contributed by atoms with Crippen LogP contribution in [0.1, 0.15) is 30.7 Å². The Labute approximate surface area is 208 Å². The van der Waals surface area contributed by atoms with Gasteiger partial charge in [-0.15, -0.1) is 12.4 Å². The minimum Gasteiger partial charge on any atom is -0.507 e. The van der Waals surface area contributed by atoms with Crippen molar-refractivity contribution < 1.29 is 19.7 Å². The highest BCUT2D eigenvalue weighted by molar-refractivity contribution is 6.33. The Morgan fingerprint density at radius 1 is 1.09 bits per heavy atom. The van der Waals surface area contributed by atoms with E-state index in [0.717, 1.165) is 38.2 Å². The third kappa shape index (κ3) is 4.11. The normalized spacial score (nSPS) is 20.7. The van der Waals surface area contributed by atoms with Crippen LogP contribution < -0.4 is 10.3 Å². The number of likely N-dealkylation sites (N-methyl/N-ethyl adjacent to an activating group) is 1. The number of aliphatic hydroxyl groups is 1. The van der Waals surface area contributed by atoms with Crippen LogP contribution >= 0.6 is 24.0 Å². The maximum absolute atomic E-state index is 13.1. The van der Waals surface area contributed by atoms with Crippen molar-refractivity contribution in [3.8, 4) is 22.8 Å². The van der Waals surface area contributed by atoms with Gasteiger partial charge in [0.05, 0.1) is 11.6 Å². The van der Waals surface area contributed by atoms with Gasteiger partial charge in [0.2, 0.25) is 0 Å². The van der Waals surface area contributed by atoms with Crippen molar-refractivity contribution in [1.29, 1.82) is 0 Å². The van der Waals surface area contributed by atoms with E-state index in [1.807, 2.05) is 30.1 Å². The molecule has 2 aliphatic rings. The predicted octanol–water partition coefficient (Wildman–Crippen LogP) is 4.33. The Balaban J connectivity index is 0.00000274. The third-order valence-corrected chi connectivity index (χ3v) is 7.38. The summed E-state index contributed by atoms with van der Waals surface area (Å²) in [6, 6.07) is 7.94. The average Bonchev–Trinajstić information content (AvgIpc) is 3.43. The first kappa shape index (κ1) is 24.7. The SMILES string of the molecule is CN1CC[C@H](c2c(O)cc(O)c3c(=O)cc(-c4ccc(N5CCCC5)cc4Cl)oc23)[C@H]1CO.Cl. The molecule has 2 aliphatic heterocycles. The van der Waals surface area contributed by atoms with E-state index in [-0.39, 0.29) is 59.2 Å². The molecule has 0 radical (unpaired) electrons. The topological polar surface area (TPSA) is 97.4 Å². The summed E-state index contributed by atoms with van der Waals surface area (Å²) in [7, 11) is 1.91. The van der Waals surface area contributed by atoms with Gasteiger partial charge in [0.1, 0.15) is 28.2 Å². The van der Waals surface area contributed by atoms with E-state index >= 15 is 0 Å². The van der Waals surface area contributed by atoms with Gasteiger partial charge in [-0.3, -0.25) is 4.79 Å². The van der Waals surface area contributed by atoms with Crippen molar-refractivity contribution in [1.82, 2.24) is 4.90 Å². The Morgan fingerprint density at radius 3 is 2.50 bits per heavy atom. The average molecular weight is 507 g/mol. The number of benzene rings is 2. The zero-order valence-electron chi connectivity index (χ0n) is 18.8. The minimum absolute atomic E-state index is 0. The first-order chi connectivity index (χ1) is 15.9. The fraction of sp³-hybridized carbons (Fsp3) is 0.400. The maximum Gasteiger partial charge on any atom is 0.197 e. The number of fused-ring (bicyclic) bond motifs is 1. The van der Waals surface area contributed by atoms with Crippen molar-refractivity contribution in [2.75, 3.05) is 38.2 Å². The van der Waals surface area contributed by atoms with E-state index in [1.165, 1.54) is 12.1 Å². The molecule has 5 rings (SSSR count). The van der Waals surface area contributed by atoms with Crippen LogP contribution in [0.5, 0.6) is 11.5 Å². The molecule has 0 unspecified atom stereocenters. The number of aliphatic hydroxyl groups excluding tert-OH is 1. The van der Waals surface area contributed by atoms with Gasteiger partial charge < -0.3 is 29.5 Å². The zero-order chi connectivity index (χ0) is 23.3. The van der Waals surface area contributed by atoms with Crippen molar-refractivity contribution in [3.63, 3.8) is 0 Å². The van der Waals surface area contributed by atoms with Gasteiger partial charge in [0.25, 0.3) is 0 Å². The molecule has 3 heterocycles. The van der Waals surface area contributed by atoms with Crippen LogP contribution in [0.2, 0.25) is 5.02 Å². The summed E-state index contributed by atoms with van der Waals surface area (Å²) in [5.74, 6) is -0.485. The number of likely N-dealkylation sites (tertiary alicyclic amines) is 1. The number of aromatic hydroxyl groups is 2. The number of anilines is 1. The molecular weight excluding hydrogens is 479 g/mol. The Kier molecular flexibility index (Phi) is 7.01. The molecule has 0 bridgehead atoms. The molecule has 3 N–H and O–H groups in total. The second kappa shape index (κ2) is 9.66. The fourth-order valence-electron chi connectivity index (χ4n) is 5.30. The highest BCUT2D eigenvalue weighted by atomic mass is 35.5. The minimum atomic E-state index is -0.420. The Hall–Kier alpha value is -2.45. The maximum atomic E-state index is 13.1. The molecule has 182 valence electrons. The molecule has 1 aromatic heterocycles. The predicted molar refractivity (Wildman–Crippen MR) is 136 cm³/mol. The zero-order valence-corrected chi connectivity index (χ0v) is 20.4. The largest absolute Gasteiger partial charge is 0.507 e. The quantitative estimate of drug-likeness (QED) is 0.484. The summed E-state index contributed by atoms with van der Waals surface area (Å²) in [5.41, 5.74) is 1.73. The molecular formula is C25H28Cl2N2O5. The molecule has 3 aromatic rings. The van der Waals surface area contributed by atoms with E-state index in [0.29, 0.717) is 22.6 Å². The highest BCUT2D eigenvalue weighted by Gasteiger charge is 2.36. The molecule has 2 aromatic carbocycles. The number of phenols is 2. The van der Waals surface area contributed by atoms with Crippen LogP contribution in [0.4, 0.5) is 5.69 Å². The molecule has 2 saturated heterocycles. The first-order valence-corrected chi connectivity index (χ1v) is 11.7. The Bertz CT molecular complexity index is 1270. The van der Waals surface area contributed by atoms with Crippen molar-refractivity contribution >= 4 is 40.7 Å². The molecule has 7 nitrogen and oxygen atoms in total. The van der Waals surface area contributed by atoms with Crippen molar-refractivity contribution in [2.24, 2.45) is 0 Å². The number of hydrogen-bond donors (Lipinski definition) is 3. The summed E-state index contributed by atoms with van der Waals surface area (Å²) < 4.78 is 6.19.